The van der Waals surface area contributed by atoms with E-state index in [0.717, 1.165) is 93.3 Å². The SMILES string of the molecule is Cc1cc(C(C)(C)C)cc(Pc2c(C)cccc2CNC(C)C)c1O.Cc1cc(C)c(O)c(Pc2c(C)cccc2CNC(C)C)c1.Cc1cc(Pc2c(C)cccc2CNC(C)C)c(O)c(C(C)(C)C)c1.Cc1ccc(O)c(Pc2c(C)cccc2CNC(C)C)c1.Cc1cccc(CNC(C)C)c1Pc1ccccc1O.Cc1cccc(Pc2c(C)cccc2CNC(C)C)c1O. The van der Waals surface area contributed by atoms with Crippen LogP contribution in [0.1, 0.15) is 236 Å². The molecular formula is C116H160N6O6P6. The van der Waals surface area contributed by atoms with Gasteiger partial charge >= 0.3 is 0 Å². The third kappa shape index (κ3) is 36.0. The number of phenols is 6. The fraction of sp³-hybridized carbons (Fsp3) is 0.379. The Bertz CT molecular complexity index is 5670. The summed E-state index contributed by atoms with van der Waals surface area (Å²) in [5.41, 5.74) is 24.5. The van der Waals surface area contributed by atoms with Crippen LogP contribution in [-0.2, 0) is 50.1 Å². The minimum absolute atomic E-state index is 0.0664. The van der Waals surface area contributed by atoms with Crippen molar-refractivity contribution in [1.29, 1.82) is 0 Å². The summed E-state index contributed by atoms with van der Waals surface area (Å²) in [5.74, 6) is 2.55. The monoisotopic (exact) mass is 1920 g/mol. The zero-order chi connectivity index (χ0) is 99.2. The molecule has 134 heavy (non-hydrogen) atoms. The summed E-state index contributed by atoms with van der Waals surface area (Å²) in [7, 11) is 2.85. The summed E-state index contributed by atoms with van der Waals surface area (Å²) in [6, 6.07) is 73.6. The third-order valence-electron chi connectivity index (χ3n) is 22.9. The fourth-order valence-corrected chi connectivity index (χ4v) is 23.3. The van der Waals surface area contributed by atoms with Gasteiger partial charge in [-0.15, -0.1) is 0 Å². The molecule has 0 aliphatic heterocycles. The van der Waals surface area contributed by atoms with Gasteiger partial charge in [0.25, 0.3) is 0 Å². The van der Waals surface area contributed by atoms with E-state index in [2.05, 4.69) is 364 Å². The van der Waals surface area contributed by atoms with Crippen LogP contribution in [-0.4, -0.2) is 66.9 Å². The predicted octanol–water partition coefficient (Wildman–Crippen LogP) is 21.4. The second kappa shape index (κ2) is 54.2. The zero-order valence-electron chi connectivity index (χ0n) is 86.0. The molecule has 0 aliphatic carbocycles. The van der Waals surface area contributed by atoms with E-state index in [1.54, 1.807) is 12.1 Å². The smallest absolute Gasteiger partial charge is 0.127 e. The molecule has 0 aromatic heterocycles. The molecule has 12 nitrogen and oxygen atoms in total. The number of rotatable bonds is 30. The Balaban J connectivity index is 0.000000220. The Labute approximate surface area is 818 Å². The molecule has 12 rings (SSSR count). The van der Waals surface area contributed by atoms with Crippen LogP contribution in [0.25, 0.3) is 0 Å². The normalized spacial score (nSPS) is 12.0. The summed E-state index contributed by atoms with van der Waals surface area (Å²) >= 11 is 0. The molecule has 12 aromatic carbocycles. The van der Waals surface area contributed by atoms with Gasteiger partial charge in [0.15, 0.2) is 0 Å². The number of hydrogen-bond donors (Lipinski definition) is 12. The van der Waals surface area contributed by atoms with Crippen LogP contribution in [0, 0.1) is 83.1 Å². The quantitative estimate of drug-likeness (QED) is 0.0191. The van der Waals surface area contributed by atoms with Gasteiger partial charge in [0.2, 0.25) is 0 Å². The van der Waals surface area contributed by atoms with Gasteiger partial charge in [-0.3, -0.25) is 0 Å². The van der Waals surface area contributed by atoms with Crippen molar-refractivity contribution < 1.29 is 30.6 Å². The number of nitrogens with one attached hydrogen (secondary N) is 6. The Morgan fingerprint density at radius 1 is 0.224 bits per heavy atom. The molecule has 0 fully saturated rings. The molecule has 12 aromatic rings. The van der Waals surface area contributed by atoms with Gasteiger partial charge in [-0.25, -0.2) is 0 Å². The van der Waals surface area contributed by atoms with E-state index in [1.165, 1.54) is 121 Å². The van der Waals surface area contributed by atoms with Crippen LogP contribution in [0.2, 0.25) is 0 Å². The first kappa shape index (κ1) is 113. The van der Waals surface area contributed by atoms with Crippen molar-refractivity contribution in [2.45, 2.75) is 294 Å². The van der Waals surface area contributed by atoms with Crippen molar-refractivity contribution in [1.82, 2.24) is 31.9 Å². The van der Waals surface area contributed by atoms with Gasteiger partial charge in [-0.1, -0.05) is 352 Å². The van der Waals surface area contributed by atoms with Crippen molar-refractivity contribution >= 4 is 115 Å². The lowest BCUT2D eigenvalue weighted by molar-refractivity contribution is 0.450. The second-order valence-electron chi connectivity index (χ2n) is 39.5. The Kier molecular flexibility index (Phi) is 45.6. The number of hydrogen-bond acceptors (Lipinski definition) is 12. The van der Waals surface area contributed by atoms with Crippen molar-refractivity contribution in [3.63, 3.8) is 0 Å². The highest BCUT2D eigenvalue weighted by Crippen LogP contribution is 2.36. The summed E-state index contributed by atoms with van der Waals surface area (Å²) in [5, 5.41) is 97.4. The Hall–Kier alpha value is -8.22. The Morgan fingerprint density at radius 3 is 0.821 bits per heavy atom. The first-order valence-electron chi connectivity index (χ1n) is 47.5. The van der Waals surface area contributed by atoms with E-state index >= 15 is 0 Å². The molecule has 0 spiro atoms. The summed E-state index contributed by atoms with van der Waals surface area (Å²) < 4.78 is 0. The lowest BCUT2D eigenvalue weighted by Crippen LogP contribution is -2.25. The minimum Gasteiger partial charge on any atom is -0.507 e. The highest BCUT2D eigenvalue weighted by molar-refractivity contribution is 7.57. The van der Waals surface area contributed by atoms with Crippen LogP contribution >= 0.6 is 51.5 Å². The van der Waals surface area contributed by atoms with E-state index in [4.69, 9.17) is 0 Å². The average molecular weight is 1920 g/mol. The number of para-hydroxylation sites is 2. The Morgan fingerprint density at radius 2 is 0.485 bits per heavy atom. The molecule has 6 unspecified atom stereocenters. The van der Waals surface area contributed by atoms with E-state index in [9.17, 15) is 30.6 Å². The molecule has 0 aliphatic rings. The largest absolute Gasteiger partial charge is 0.507 e. The highest BCUT2D eigenvalue weighted by atomic mass is 31.1. The van der Waals surface area contributed by atoms with Crippen LogP contribution in [0.3, 0.4) is 0 Å². The molecule has 0 radical (unpaired) electrons. The third-order valence-corrected chi connectivity index (χ3v) is 32.7. The van der Waals surface area contributed by atoms with Crippen LogP contribution < -0.4 is 95.6 Å². The topological polar surface area (TPSA) is 194 Å². The highest BCUT2D eigenvalue weighted by Gasteiger charge is 2.25. The van der Waals surface area contributed by atoms with Crippen molar-refractivity contribution in [3.05, 3.63) is 318 Å². The number of aromatic hydroxyl groups is 6. The number of benzene rings is 12. The van der Waals surface area contributed by atoms with Crippen molar-refractivity contribution in [2.75, 3.05) is 0 Å². The van der Waals surface area contributed by atoms with Crippen LogP contribution in [0.4, 0.5) is 0 Å². The number of aryl methyl sites for hydroxylation is 12. The standard InChI is InChI=1S/2C22H32NOP.C19H26NOP.2C18H24NOP.C17H22NOP/c1-14(2)23-13-17-10-8-9-16(4)21(17)25-19-12-15(3)11-18(20(19)24)22(5,6)7;1-14(2)23-13-17-10-8-9-15(3)21(17)25-19-12-18(22(5,6)7)11-16(4)20(19)24;1-12(2)20-11-16-8-6-7-14(4)19(16)22-17-10-13(3)9-15(5)18(17)21;1-12(2)19-11-15-9-5-8-14(4)18(15)21-16-10-6-7-13(3)17(16)20;1-12(2)19-11-15-7-5-6-14(4)18(15)21-17-10-13(3)8-9-16(17)20;1-12(2)18-11-14-8-6-7-13(3)17(14)20-16-10-5-4-9-15(16)19/h2*8-12,14,23-25H,13H2,1-7H3;6-10,12,20-22H,11H2,1-5H3;2*5-10,12,19-21H,11H2,1-4H3;4-10,12,18-20H,11H2,1-3H3. The molecule has 0 saturated heterocycles. The van der Waals surface area contributed by atoms with Gasteiger partial charge in [-0.05, 0) is 262 Å². The van der Waals surface area contributed by atoms with Crippen LogP contribution in [0.5, 0.6) is 34.5 Å². The van der Waals surface area contributed by atoms with Gasteiger partial charge in [-0.2, -0.15) is 0 Å². The van der Waals surface area contributed by atoms with E-state index in [0.29, 0.717) is 122 Å². The maximum atomic E-state index is 10.9. The first-order valence-corrected chi connectivity index (χ1v) is 53.5. The summed E-state index contributed by atoms with van der Waals surface area (Å²) in [4.78, 5) is 0. The summed E-state index contributed by atoms with van der Waals surface area (Å²) in [6.45, 7) is 69.3. The van der Waals surface area contributed by atoms with E-state index < -0.39 is 0 Å². The second-order valence-corrected chi connectivity index (χ2v) is 47.2. The fourth-order valence-electron chi connectivity index (χ4n) is 14.9. The molecule has 18 heteroatoms. The van der Waals surface area contributed by atoms with Gasteiger partial charge in [0, 0.05) is 113 Å². The van der Waals surface area contributed by atoms with Gasteiger partial charge in [0.05, 0.1) is 0 Å². The van der Waals surface area contributed by atoms with E-state index in [1.807, 2.05) is 69.3 Å². The molecule has 720 valence electrons. The zero-order valence-corrected chi connectivity index (χ0v) is 92.0. The summed E-state index contributed by atoms with van der Waals surface area (Å²) in [6.07, 6.45) is 0. The van der Waals surface area contributed by atoms with Gasteiger partial charge in [0.1, 0.15) is 34.5 Å². The molecule has 0 amide bonds. The first-order chi connectivity index (χ1) is 63.1. The van der Waals surface area contributed by atoms with Crippen LogP contribution in [0.15, 0.2) is 206 Å². The minimum atomic E-state index is -0.0664. The predicted molar refractivity (Wildman–Crippen MR) is 599 cm³/mol. The van der Waals surface area contributed by atoms with E-state index in [-0.39, 0.29) is 10.8 Å². The molecule has 6 atom stereocenters. The molecule has 12 N–H and O–H groups in total. The molecular weight excluding hydrogens is 1760 g/mol. The average Bonchev–Trinajstić information content (AvgIpc) is 0.823. The molecule has 0 saturated carbocycles. The maximum Gasteiger partial charge on any atom is 0.127 e. The lowest BCUT2D eigenvalue weighted by atomic mass is 9.85. The van der Waals surface area contributed by atoms with Crippen molar-refractivity contribution in [3.8, 4) is 34.5 Å². The lowest BCUT2D eigenvalue weighted by Gasteiger charge is -2.23. The van der Waals surface area contributed by atoms with Crippen molar-refractivity contribution in [2.24, 2.45) is 0 Å². The maximum absolute atomic E-state index is 10.9. The molecule has 0 heterocycles. The number of phenolic OH excluding ortho intramolecular Hbond substituents is 6. The molecule has 0 bridgehead atoms. The van der Waals surface area contributed by atoms with Gasteiger partial charge < -0.3 is 62.5 Å².